The molecule has 0 aliphatic rings. The second kappa shape index (κ2) is 5.83. The highest BCUT2D eigenvalue weighted by Gasteiger charge is 2.22. The Morgan fingerprint density at radius 1 is 1.43 bits per heavy atom. The third-order valence-corrected chi connectivity index (χ3v) is 3.11. The van der Waals surface area contributed by atoms with Crippen molar-refractivity contribution in [3.8, 4) is 11.4 Å². The van der Waals surface area contributed by atoms with Crippen LogP contribution in [0.4, 0.5) is 14.5 Å². The third-order valence-electron chi connectivity index (χ3n) is 2.28. The summed E-state index contributed by atoms with van der Waals surface area (Å²) < 4.78 is 26.3. The van der Waals surface area contributed by atoms with Gasteiger partial charge in [-0.25, -0.2) is 13.8 Å². The van der Waals surface area contributed by atoms with Crippen molar-refractivity contribution in [1.29, 1.82) is 0 Å². The largest absolute Gasteiger partial charge is 0.481 e. The lowest BCUT2D eigenvalue weighted by atomic mass is 10.1. The third kappa shape index (κ3) is 3.31. The molecule has 1 aromatic carbocycles. The van der Waals surface area contributed by atoms with Gasteiger partial charge in [0, 0.05) is 0 Å². The maximum Gasteiger partial charge on any atom is 0.313 e. The minimum absolute atomic E-state index is 0.0198. The lowest BCUT2D eigenvalue weighted by Crippen LogP contribution is -1.98. The highest BCUT2D eigenvalue weighted by molar-refractivity contribution is 7.99. The van der Waals surface area contributed by atoms with E-state index in [4.69, 9.17) is 5.11 Å². The maximum absolute atomic E-state index is 13.2. The summed E-state index contributed by atoms with van der Waals surface area (Å²) in [5.74, 6) is -4.19. The van der Waals surface area contributed by atoms with Crippen molar-refractivity contribution < 1.29 is 23.6 Å². The van der Waals surface area contributed by atoms with Gasteiger partial charge in [-0.3, -0.25) is 20.0 Å². The quantitative estimate of drug-likeness (QED) is 0.490. The molecule has 2 aromatic rings. The molecule has 0 atom stereocenters. The Labute approximate surface area is 119 Å². The number of aromatic nitrogens is 3. The molecule has 0 aliphatic heterocycles. The van der Waals surface area contributed by atoms with E-state index in [1.165, 1.54) is 0 Å². The molecule has 2 rings (SSSR count). The number of hydrogen-bond donors (Lipinski definition) is 2. The number of thioether (sulfide) groups is 1. The number of nitro benzene ring substituents is 1. The Hall–Kier alpha value is -2.56. The minimum Gasteiger partial charge on any atom is -0.481 e. The van der Waals surface area contributed by atoms with Crippen LogP contribution >= 0.6 is 11.8 Å². The van der Waals surface area contributed by atoms with Crippen LogP contribution in [-0.4, -0.2) is 36.9 Å². The van der Waals surface area contributed by atoms with E-state index in [1.807, 2.05) is 0 Å². The summed E-state index contributed by atoms with van der Waals surface area (Å²) in [6.45, 7) is 0. The van der Waals surface area contributed by atoms with Crippen LogP contribution in [0.2, 0.25) is 0 Å². The topological polar surface area (TPSA) is 122 Å². The summed E-state index contributed by atoms with van der Waals surface area (Å²) in [7, 11) is 0. The van der Waals surface area contributed by atoms with Gasteiger partial charge in [0.15, 0.2) is 17.5 Å². The lowest BCUT2D eigenvalue weighted by molar-refractivity contribution is -0.384. The Morgan fingerprint density at radius 3 is 2.71 bits per heavy atom. The summed E-state index contributed by atoms with van der Waals surface area (Å²) in [6, 6.07) is 1.07. The van der Waals surface area contributed by atoms with Crippen LogP contribution < -0.4 is 0 Å². The lowest BCUT2D eigenvalue weighted by Gasteiger charge is -2.00. The molecule has 110 valence electrons. The second-order valence-corrected chi connectivity index (χ2v) is 4.63. The average molecular weight is 316 g/mol. The van der Waals surface area contributed by atoms with Gasteiger partial charge in [0.1, 0.15) is 0 Å². The predicted molar refractivity (Wildman–Crippen MR) is 66.7 cm³/mol. The van der Waals surface area contributed by atoms with Crippen molar-refractivity contribution in [3.05, 3.63) is 33.9 Å². The van der Waals surface area contributed by atoms with E-state index in [1.54, 1.807) is 0 Å². The Morgan fingerprint density at radius 2 is 2.10 bits per heavy atom. The standard InChI is InChI=1S/C10H6F2N4O4S/c11-5-1-4(7(16(19)20)2-6(5)12)9-13-10(15-14-9)21-3-8(17)18/h1-2H,3H2,(H,17,18)(H,13,14,15). The van der Waals surface area contributed by atoms with Gasteiger partial charge in [-0.2, -0.15) is 0 Å². The first-order chi connectivity index (χ1) is 9.88. The fraction of sp³-hybridized carbons (Fsp3) is 0.100. The highest BCUT2D eigenvalue weighted by Crippen LogP contribution is 2.30. The van der Waals surface area contributed by atoms with E-state index in [9.17, 15) is 23.7 Å². The number of benzene rings is 1. The molecule has 0 unspecified atom stereocenters. The number of nitrogens with one attached hydrogen (secondary N) is 1. The van der Waals surface area contributed by atoms with Crippen LogP contribution in [0.5, 0.6) is 0 Å². The Balaban J connectivity index is 2.39. The first kappa shape index (κ1) is 14.8. The fourth-order valence-corrected chi connectivity index (χ4v) is 1.95. The number of nitro groups is 1. The number of carboxylic acid groups (broad SMARTS) is 1. The fourth-order valence-electron chi connectivity index (χ4n) is 1.43. The van der Waals surface area contributed by atoms with Crippen LogP contribution in [0.25, 0.3) is 11.4 Å². The zero-order valence-electron chi connectivity index (χ0n) is 10.0. The molecule has 21 heavy (non-hydrogen) atoms. The van der Waals surface area contributed by atoms with Crippen LogP contribution in [0, 0.1) is 21.7 Å². The molecule has 0 bridgehead atoms. The van der Waals surface area contributed by atoms with Gasteiger partial charge in [-0.05, 0) is 6.07 Å². The predicted octanol–water partition coefficient (Wildman–Crippen LogP) is 1.83. The van der Waals surface area contributed by atoms with Gasteiger partial charge in [-0.1, -0.05) is 11.8 Å². The molecule has 0 saturated heterocycles. The molecule has 0 spiro atoms. The normalized spacial score (nSPS) is 10.6. The van der Waals surface area contributed by atoms with E-state index in [0.717, 1.165) is 11.8 Å². The summed E-state index contributed by atoms with van der Waals surface area (Å²) in [5, 5.41) is 25.3. The number of hydrogen-bond acceptors (Lipinski definition) is 6. The number of halogens is 2. The molecular weight excluding hydrogens is 310 g/mol. The van der Waals surface area contributed by atoms with Gasteiger partial charge in [0.25, 0.3) is 5.69 Å². The molecule has 1 heterocycles. The first-order valence-electron chi connectivity index (χ1n) is 5.29. The van der Waals surface area contributed by atoms with E-state index in [2.05, 4.69) is 15.2 Å². The monoisotopic (exact) mass is 316 g/mol. The van der Waals surface area contributed by atoms with Crippen molar-refractivity contribution in [2.24, 2.45) is 0 Å². The number of H-pyrrole nitrogens is 1. The van der Waals surface area contributed by atoms with Crippen molar-refractivity contribution in [2.45, 2.75) is 5.16 Å². The smallest absolute Gasteiger partial charge is 0.313 e. The molecular formula is C10H6F2N4O4S. The Kier molecular flexibility index (Phi) is 4.12. The maximum atomic E-state index is 13.2. The number of rotatable bonds is 5. The molecule has 0 fully saturated rings. The van der Waals surface area contributed by atoms with Gasteiger partial charge in [0.05, 0.1) is 22.3 Å². The number of carbonyl (C=O) groups is 1. The van der Waals surface area contributed by atoms with Crippen molar-refractivity contribution >= 4 is 23.4 Å². The number of carboxylic acids is 1. The van der Waals surface area contributed by atoms with Crippen LogP contribution in [0.15, 0.2) is 17.3 Å². The number of aromatic amines is 1. The zero-order chi connectivity index (χ0) is 15.6. The van der Waals surface area contributed by atoms with Crippen LogP contribution in [-0.2, 0) is 4.79 Å². The van der Waals surface area contributed by atoms with Crippen molar-refractivity contribution in [2.75, 3.05) is 5.75 Å². The summed E-state index contributed by atoms with van der Waals surface area (Å²) in [6.07, 6.45) is 0. The van der Waals surface area contributed by atoms with Crippen molar-refractivity contribution in [1.82, 2.24) is 15.2 Å². The minimum atomic E-state index is -1.36. The highest BCUT2D eigenvalue weighted by atomic mass is 32.2. The molecule has 8 nitrogen and oxygen atoms in total. The number of aliphatic carboxylic acids is 1. The average Bonchev–Trinajstić information content (AvgIpc) is 2.87. The summed E-state index contributed by atoms with van der Waals surface area (Å²) in [4.78, 5) is 24.2. The van der Waals surface area contributed by atoms with Gasteiger partial charge in [-0.15, -0.1) is 5.10 Å². The SMILES string of the molecule is O=C(O)CSc1n[nH]c(-c2cc(F)c(F)cc2[N+](=O)[O-])n1. The van der Waals surface area contributed by atoms with Gasteiger partial charge >= 0.3 is 5.97 Å². The summed E-state index contributed by atoms with van der Waals surface area (Å²) >= 11 is 0.775. The Bertz CT molecular complexity index is 721. The molecule has 2 N–H and O–H groups in total. The van der Waals surface area contributed by atoms with Crippen LogP contribution in [0.1, 0.15) is 0 Å². The van der Waals surface area contributed by atoms with Gasteiger partial charge in [0.2, 0.25) is 5.16 Å². The van der Waals surface area contributed by atoms with E-state index < -0.39 is 28.2 Å². The van der Waals surface area contributed by atoms with E-state index in [-0.39, 0.29) is 22.3 Å². The van der Waals surface area contributed by atoms with Crippen LogP contribution in [0.3, 0.4) is 0 Å². The zero-order valence-corrected chi connectivity index (χ0v) is 10.9. The van der Waals surface area contributed by atoms with E-state index in [0.29, 0.717) is 12.1 Å². The van der Waals surface area contributed by atoms with Crippen molar-refractivity contribution in [3.63, 3.8) is 0 Å². The molecule has 1 aromatic heterocycles. The first-order valence-corrected chi connectivity index (χ1v) is 6.28. The summed E-state index contributed by atoms with van der Waals surface area (Å²) in [5.41, 5.74) is -0.964. The molecule has 11 heteroatoms. The van der Waals surface area contributed by atoms with E-state index >= 15 is 0 Å². The second-order valence-electron chi connectivity index (χ2n) is 3.69. The molecule has 0 saturated carbocycles. The number of nitrogens with zero attached hydrogens (tertiary/aromatic N) is 3. The molecule has 0 radical (unpaired) electrons. The molecule has 0 aliphatic carbocycles. The van der Waals surface area contributed by atoms with Gasteiger partial charge < -0.3 is 5.11 Å². The molecule has 0 amide bonds.